The van der Waals surface area contributed by atoms with Crippen molar-refractivity contribution in [2.45, 2.75) is 33.6 Å². The van der Waals surface area contributed by atoms with E-state index in [2.05, 4.69) is 5.32 Å². The van der Waals surface area contributed by atoms with E-state index in [0.717, 1.165) is 10.8 Å². The molecule has 5 heteroatoms. The van der Waals surface area contributed by atoms with Crippen molar-refractivity contribution in [2.24, 2.45) is 16.2 Å². The van der Waals surface area contributed by atoms with Gasteiger partial charge in [-0.25, -0.2) is 0 Å². The lowest BCUT2D eigenvalue weighted by Crippen LogP contribution is -2.61. The molecule has 2 atom stereocenters. The molecule has 26 heavy (non-hydrogen) atoms. The maximum atomic E-state index is 13.3. The van der Waals surface area contributed by atoms with E-state index in [1.165, 1.54) is 0 Å². The summed E-state index contributed by atoms with van der Waals surface area (Å²) in [5.41, 5.74) is -2.40. The van der Waals surface area contributed by atoms with Crippen molar-refractivity contribution in [3.63, 3.8) is 0 Å². The van der Waals surface area contributed by atoms with Gasteiger partial charge in [-0.2, -0.15) is 0 Å². The van der Waals surface area contributed by atoms with Gasteiger partial charge in [0.25, 0.3) is 0 Å². The maximum absolute atomic E-state index is 13.3. The molecule has 0 spiro atoms. The van der Waals surface area contributed by atoms with Gasteiger partial charge < -0.3 is 10.1 Å². The molecule has 2 bridgehead atoms. The van der Waals surface area contributed by atoms with Gasteiger partial charge in [-0.05, 0) is 31.2 Å². The zero-order valence-electron chi connectivity index (χ0n) is 15.1. The highest BCUT2D eigenvalue weighted by Crippen LogP contribution is 2.66. The molecule has 2 fully saturated rings. The number of rotatable bonds is 2. The number of nitrogens with one attached hydrogen (secondary N) is 1. The van der Waals surface area contributed by atoms with E-state index in [0.29, 0.717) is 18.5 Å². The molecule has 134 valence electrons. The van der Waals surface area contributed by atoms with Gasteiger partial charge in [0.1, 0.15) is 0 Å². The van der Waals surface area contributed by atoms with Gasteiger partial charge in [-0.3, -0.25) is 14.4 Å². The number of carbonyl (C=O) groups excluding carboxylic acids is 3. The molecule has 2 aromatic rings. The number of carbonyl (C=O) groups is 3. The minimum Gasteiger partial charge on any atom is -0.392 e. The zero-order valence-corrected chi connectivity index (χ0v) is 15.1. The normalized spacial score (nSPS) is 29.5. The molecular formula is C21H21NO4. The predicted molar refractivity (Wildman–Crippen MR) is 97.2 cm³/mol. The zero-order chi connectivity index (χ0) is 18.7. The third-order valence-corrected chi connectivity index (χ3v) is 6.86. The van der Waals surface area contributed by atoms with Crippen LogP contribution >= 0.6 is 0 Å². The van der Waals surface area contributed by atoms with Gasteiger partial charge in [-0.15, -0.1) is 0 Å². The maximum Gasteiger partial charge on any atom is 0.329 e. The van der Waals surface area contributed by atoms with Gasteiger partial charge in [0.05, 0.1) is 5.41 Å². The van der Waals surface area contributed by atoms with Crippen molar-refractivity contribution in [1.29, 1.82) is 0 Å². The van der Waals surface area contributed by atoms with Crippen LogP contribution in [0.5, 0.6) is 0 Å². The van der Waals surface area contributed by atoms with Crippen molar-refractivity contribution in [3.8, 4) is 0 Å². The monoisotopic (exact) mass is 351 g/mol. The number of esters is 2. The number of anilines is 1. The summed E-state index contributed by atoms with van der Waals surface area (Å²) in [5.74, 6) is -1.67. The highest BCUT2D eigenvalue weighted by Gasteiger charge is 2.75. The Morgan fingerprint density at radius 2 is 1.65 bits per heavy atom. The number of cyclic esters (lactones) is 2. The van der Waals surface area contributed by atoms with E-state index >= 15 is 0 Å². The Morgan fingerprint density at radius 3 is 2.42 bits per heavy atom. The lowest BCUT2D eigenvalue weighted by Gasteiger charge is -2.48. The summed E-state index contributed by atoms with van der Waals surface area (Å²) in [5, 5.41) is 4.84. The fourth-order valence-electron chi connectivity index (χ4n) is 4.59. The number of ether oxygens (including phenoxy) is 1. The summed E-state index contributed by atoms with van der Waals surface area (Å²) in [7, 11) is 0. The molecule has 1 amide bonds. The second-order valence-electron chi connectivity index (χ2n) is 8.02. The van der Waals surface area contributed by atoms with Crippen LogP contribution in [0.4, 0.5) is 5.69 Å². The third-order valence-electron chi connectivity index (χ3n) is 6.86. The Bertz CT molecular complexity index is 958. The topological polar surface area (TPSA) is 72.5 Å². The van der Waals surface area contributed by atoms with E-state index in [4.69, 9.17) is 4.74 Å². The number of hydrogen-bond acceptors (Lipinski definition) is 4. The first-order valence-electron chi connectivity index (χ1n) is 8.80. The first kappa shape index (κ1) is 16.8. The van der Waals surface area contributed by atoms with Crippen LogP contribution in [0.1, 0.15) is 33.6 Å². The molecule has 0 aromatic heterocycles. The standard InChI is InChI=1S/C21H21NO4/c1-19(2)20(3)11-12-21(19,18(25)26-17(20)24)16(23)22-15-10-6-8-13-7-4-5-9-14(13)15/h4-10H,11-12H2,1-3H3,(H,22,23). The van der Waals surface area contributed by atoms with Crippen LogP contribution in [0.25, 0.3) is 10.8 Å². The Morgan fingerprint density at radius 1 is 0.962 bits per heavy atom. The first-order valence-corrected chi connectivity index (χ1v) is 8.80. The fourth-order valence-corrected chi connectivity index (χ4v) is 4.59. The molecule has 1 saturated carbocycles. The Kier molecular flexibility index (Phi) is 3.33. The summed E-state index contributed by atoms with van der Waals surface area (Å²) >= 11 is 0. The molecule has 1 aliphatic carbocycles. The largest absolute Gasteiger partial charge is 0.392 e. The van der Waals surface area contributed by atoms with Gasteiger partial charge in [0.15, 0.2) is 5.41 Å². The number of amides is 1. The molecule has 2 aromatic carbocycles. The Balaban J connectivity index is 1.78. The van der Waals surface area contributed by atoms with Crippen molar-refractivity contribution in [3.05, 3.63) is 42.5 Å². The minimum absolute atomic E-state index is 0.303. The number of benzene rings is 2. The number of hydrogen-bond donors (Lipinski definition) is 1. The second kappa shape index (κ2) is 5.16. The summed E-state index contributed by atoms with van der Waals surface area (Å²) in [6.07, 6.45) is 0.755. The molecule has 2 aliphatic rings. The second-order valence-corrected chi connectivity index (χ2v) is 8.02. The molecule has 2 unspecified atom stereocenters. The highest BCUT2D eigenvalue weighted by atomic mass is 16.6. The average Bonchev–Trinajstić information content (AvgIpc) is 2.76. The van der Waals surface area contributed by atoms with Crippen LogP contribution in [0.15, 0.2) is 42.5 Å². The van der Waals surface area contributed by atoms with E-state index in [1.54, 1.807) is 6.92 Å². The first-order chi connectivity index (χ1) is 12.2. The van der Waals surface area contributed by atoms with E-state index in [1.807, 2.05) is 56.3 Å². The van der Waals surface area contributed by atoms with Crippen molar-refractivity contribution >= 4 is 34.3 Å². The van der Waals surface area contributed by atoms with Gasteiger partial charge in [-0.1, -0.05) is 50.2 Å². The van der Waals surface area contributed by atoms with Crippen molar-refractivity contribution in [2.75, 3.05) is 5.32 Å². The molecular weight excluding hydrogens is 330 g/mol. The summed E-state index contributed by atoms with van der Waals surface area (Å²) in [6.45, 7) is 5.43. The Labute approximate surface area is 151 Å². The molecule has 5 nitrogen and oxygen atoms in total. The van der Waals surface area contributed by atoms with Crippen LogP contribution in [0.2, 0.25) is 0 Å². The van der Waals surface area contributed by atoms with E-state index in [-0.39, 0.29) is 0 Å². The molecule has 1 N–H and O–H groups in total. The SMILES string of the molecule is CC12CCC(C(=O)Nc3cccc4ccccc34)(C(=O)OC1=O)C2(C)C. The van der Waals surface area contributed by atoms with Gasteiger partial charge in [0, 0.05) is 16.5 Å². The van der Waals surface area contributed by atoms with Crippen LogP contribution in [0.3, 0.4) is 0 Å². The number of fused-ring (bicyclic) bond motifs is 3. The van der Waals surface area contributed by atoms with Crippen LogP contribution in [0, 0.1) is 16.2 Å². The van der Waals surface area contributed by atoms with Crippen molar-refractivity contribution in [1.82, 2.24) is 0 Å². The van der Waals surface area contributed by atoms with Crippen LogP contribution in [-0.4, -0.2) is 17.8 Å². The van der Waals surface area contributed by atoms with Crippen molar-refractivity contribution < 1.29 is 19.1 Å². The molecule has 1 heterocycles. The smallest absolute Gasteiger partial charge is 0.329 e. The minimum atomic E-state index is -1.37. The van der Waals surface area contributed by atoms with Crippen LogP contribution < -0.4 is 5.32 Å². The fraction of sp³-hybridized carbons (Fsp3) is 0.381. The molecule has 1 aliphatic heterocycles. The summed E-state index contributed by atoms with van der Waals surface area (Å²) < 4.78 is 5.02. The van der Waals surface area contributed by atoms with Gasteiger partial charge in [0.2, 0.25) is 5.91 Å². The molecule has 4 rings (SSSR count). The van der Waals surface area contributed by atoms with Gasteiger partial charge >= 0.3 is 11.9 Å². The molecule has 1 saturated heterocycles. The third kappa shape index (κ3) is 1.83. The van der Waals surface area contributed by atoms with E-state index in [9.17, 15) is 14.4 Å². The Hall–Kier alpha value is -2.69. The molecule has 0 radical (unpaired) electrons. The quantitative estimate of drug-likeness (QED) is 0.662. The predicted octanol–water partition coefficient (Wildman–Crippen LogP) is 3.67. The average molecular weight is 351 g/mol. The highest BCUT2D eigenvalue weighted by molar-refractivity contribution is 6.16. The summed E-state index contributed by atoms with van der Waals surface area (Å²) in [6, 6.07) is 13.4. The van der Waals surface area contributed by atoms with Crippen LogP contribution in [-0.2, 0) is 19.1 Å². The summed E-state index contributed by atoms with van der Waals surface area (Å²) in [4.78, 5) is 38.4. The lowest BCUT2D eigenvalue weighted by atomic mass is 9.57. The van der Waals surface area contributed by atoms with E-state index < -0.39 is 34.1 Å². The lowest BCUT2D eigenvalue weighted by molar-refractivity contribution is -0.195.